The first kappa shape index (κ1) is 22.1. The van der Waals surface area contributed by atoms with Gasteiger partial charge in [-0.1, -0.05) is 48.4 Å². The molecule has 158 valence electrons. The van der Waals surface area contributed by atoms with Crippen molar-refractivity contribution in [2.45, 2.75) is 50.7 Å². The molecule has 0 saturated carbocycles. The Labute approximate surface area is 180 Å². The molecule has 0 bridgehead atoms. The zero-order valence-corrected chi connectivity index (χ0v) is 18.2. The number of nitrogens with zero attached hydrogens (tertiary/aromatic N) is 1. The zero-order valence-electron chi connectivity index (χ0n) is 17.4. The molecule has 1 saturated heterocycles. The van der Waals surface area contributed by atoms with Crippen LogP contribution < -0.4 is 15.8 Å². The maximum atomic E-state index is 6.23. The van der Waals surface area contributed by atoms with Crippen LogP contribution in [0.2, 0.25) is 5.02 Å². The maximum Gasteiger partial charge on any atom is 0.123 e. The van der Waals surface area contributed by atoms with Gasteiger partial charge in [0.25, 0.3) is 0 Å². The molecule has 1 aliphatic rings. The molecule has 5 heteroatoms. The summed E-state index contributed by atoms with van der Waals surface area (Å²) < 4.78 is 5.53. The average Bonchev–Trinajstić information content (AvgIpc) is 2.76. The van der Waals surface area contributed by atoms with Gasteiger partial charge in [-0.2, -0.15) is 0 Å². The lowest BCUT2D eigenvalue weighted by Crippen LogP contribution is -2.48. The van der Waals surface area contributed by atoms with Gasteiger partial charge in [0, 0.05) is 23.2 Å². The molecule has 1 aliphatic heterocycles. The third-order valence-corrected chi connectivity index (χ3v) is 6.06. The van der Waals surface area contributed by atoms with Gasteiger partial charge in [-0.15, -0.1) is 0 Å². The van der Waals surface area contributed by atoms with Gasteiger partial charge in [0.05, 0.1) is 13.2 Å². The van der Waals surface area contributed by atoms with Gasteiger partial charge in [0.15, 0.2) is 0 Å². The standard InChI is InChI=1S/C24H34ClN3O/c1-29-23-13-12-21(25)17-20(23)18-27-22-11-8-16-28(15-7-3-6-14-26)24(22)19-9-4-2-5-10-19/h2,4-5,9-10,12-13,17,22,24,27H,3,6-8,11,14-16,18,26H2,1H3. The highest BCUT2D eigenvalue weighted by Gasteiger charge is 2.32. The molecule has 3 rings (SSSR count). The van der Waals surface area contributed by atoms with Crippen molar-refractivity contribution in [3.63, 3.8) is 0 Å². The first-order chi connectivity index (χ1) is 14.2. The number of benzene rings is 2. The smallest absolute Gasteiger partial charge is 0.123 e. The van der Waals surface area contributed by atoms with E-state index in [1.54, 1.807) is 7.11 Å². The van der Waals surface area contributed by atoms with Crippen LogP contribution in [0.15, 0.2) is 48.5 Å². The number of rotatable bonds is 10. The second kappa shape index (κ2) is 11.6. The lowest BCUT2D eigenvalue weighted by Gasteiger charge is -2.42. The summed E-state index contributed by atoms with van der Waals surface area (Å²) in [5, 5.41) is 4.56. The summed E-state index contributed by atoms with van der Waals surface area (Å²) in [6.07, 6.45) is 5.90. The van der Waals surface area contributed by atoms with E-state index in [4.69, 9.17) is 22.1 Å². The fourth-order valence-corrected chi connectivity index (χ4v) is 4.58. The van der Waals surface area contributed by atoms with E-state index in [0.29, 0.717) is 12.1 Å². The molecule has 4 nitrogen and oxygen atoms in total. The predicted molar refractivity (Wildman–Crippen MR) is 122 cm³/mol. The minimum Gasteiger partial charge on any atom is -0.496 e. The third kappa shape index (κ3) is 6.19. The minimum atomic E-state index is 0.382. The van der Waals surface area contributed by atoms with Crippen molar-refractivity contribution in [3.8, 4) is 5.75 Å². The fourth-order valence-electron chi connectivity index (χ4n) is 4.39. The highest BCUT2D eigenvalue weighted by molar-refractivity contribution is 6.30. The summed E-state index contributed by atoms with van der Waals surface area (Å²) >= 11 is 6.23. The molecular weight excluding hydrogens is 382 g/mol. The van der Waals surface area contributed by atoms with Gasteiger partial charge in [0.1, 0.15) is 5.75 Å². The van der Waals surface area contributed by atoms with Gasteiger partial charge in [-0.3, -0.25) is 4.90 Å². The Bertz CT molecular complexity index is 740. The minimum absolute atomic E-state index is 0.382. The van der Waals surface area contributed by atoms with Gasteiger partial charge in [-0.25, -0.2) is 0 Å². The van der Waals surface area contributed by atoms with Crippen molar-refractivity contribution < 1.29 is 4.74 Å². The van der Waals surface area contributed by atoms with Crippen LogP contribution >= 0.6 is 11.6 Å². The Morgan fingerprint density at radius 2 is 1.97 bits per heavy atom. The van der Waals surface area contributed by atoms with Crippen LogP contribution in [0.3, 0.4) is 0 Å². The first-order valence-corrected chi connectivity index (χ1v) is 11.2. The molecule has 0 radical (unpaired) electrons. The normalized spacial score (nSPS) is 20.0. The molecule has 0 amide bonds. The Balaban J connectivity index is 1.73. The molecule has 29 heavy (non-hydrogen) atoms. The van der Waals surface area contributed by atoms with Crippen molar-refractivity contribution in [1.29, 1.82) is 0 Å². The van der Waals surface area contributed by atoms with Crippen molar-refractivity contribution in [2.24, 2.45) is 5.73 Å². The summed E-state index contributed by atoms with van der Waals surface area (Å²) in [5.41, 5.74) is 8.17. The van der Waals surface area contributed by atoms with E-state index >= 15 is 0 Å². The van der Waals surface area contributed by atoms with E-state index in [-0.39, 0.29) is 0 Å². The molecule has 2 aromatic carbocycles. The lowest BCUT2D eigenvalue weighted by atomic mass is 9.89. The van der Waals surface area contributed by atoms with Crippen molar-refractivity contribution in [1.82, 2.24) is 10.2 Å². The number of halogens is 1. The average molecular weight is 416 g/mol. The number of hydrogen-bond acceptors (Lipinski definition) is 4. The monoisotopic (exact) mass is 415 g/mol. The van der Waals surface area contributed by atoms with Crippen molar-refractivity contribution >= 4 is 11.6 Å². The highest BCUT2D eigenvalue weighted by Crippen LogP contribution is 2.32. The second-order valence-electron chi connectivity index (χ2n) is 7.83. The van der Waals surface area contributed by atoms with Crippen LogP contribution in [-0.2, 0) is 6.54 Å². The Kier molecular flexibility index (Phi) is 8.81. The summed E-state index contributed by atoms with van der Waals surface area (Å²) in [6.45, 7) is 3.81. The summed E-state index contributed by atoms with van der Waals surface area (Å²) in [7, 11) is 1.71. The van der Waals surface area contributed by atoms with Crippen molar-refractivity contribution in [2.75, 3.05) is 26.7 Å². The molecule has 1 heterocycles. The largest absolute Gasteiger partial charge is 0.496 e. The van der Waals surface area contributed by atoms with Crippen LogP contribution in [0, 0.1) is 0 Å². The molecular formula is C24H34ClN3O. The number of ether oxygens (including phenoxy) is 1. The molecule has 2 aromatic rings. The number of piperidine rings is 1. The van der Waals surface area contributed by atoms with E-state index in [1.807, 2.05) is 18.2 Å². The lowest BCUT2D eigenvalue weighted by molar-refractivity contribution is 0.108. The fraction of sp³-hybridized carbons (Fsp3) is 0.500. The van der Waals surface area contributed by atoms with E-state index < -0.39 is 0 Å². The number of unbranched alkanes of at least 4 members (excludes halogenated alkanes) is 2. The zero-order chi connectivity index (χ0) is 20.5. The molecule has 2 unspecified atom stereocenters. The molecule has 1 fully saturated rings. The van der Waals surface area contributed by atoms with Gasteiger partial charge in [-0.05, 0) is 69.1 Å². The Morgan fingerprint density at radius 1 is 1.14 bits per heavy atom. The Morgan fingerprint density at radius 3 is 2.72 bits per heavy atom. The summed E-state index contributed by atoms with van der Waals surface area (Å²) in [5.74, 6) is 0.882. The van der Waals surface area contributed by atoms with Crippen LogP contribution in [-0.4, -0.2) is 37.7 Å². The molecule has 3 N–H and O–H groups in total. The molecule has 2 atom stereocenters. The second-order valence-corrected chi connectivity index (χ2v) is 8.26. The molecule has 0 aromatic heterocycles. The van der Waals surface area contributed by atoms with Crippen LogP contribution in [0.1, 0.15) is 49.3 Å². The maximum absolute atomic E-state index is 6.23. The van der Waals surface area contributed by atoms with Gasteiger partial charge >= 0.3 is 0 Å². The molecule has 0 aliphatic carbocycles. The highest BCUT2D eigenvalue weighted by atomic mass is 35.5. The number of nitrogens with one attached hydrogen (secondary N) is 1. The summed E-state index contributed by atoms with van der Waals surface area (Å²) in [6, 6.07) is 17.5. The van der Waals surface area contributed by atoms with E-state index in [9.17, 15) is 0 Å². The van der Waals surface area contributed by atoms with E-state index in [1.165, 1.54) is 31.2 Å². The Hall–Kier alpha value is -1.59. The number of likely N-dealkylation sites (tertiary alicyclic amines) is 1. The van der Waals surface area contributed by atoms with Gasteiger partial charge in [0.2, 0.25) is 0 Å². The SMILES string of the molecule is COc1ccc(Cl)cc1CNC1CCCN(CCCCCN)C1c1ccccc1. The van der Waals surface area contributed by atoms with E-state index in [2.05, 4.69) is 40.5 Å². The third-order valence-electron chi connectivity index (χ3n) is 5.82. The quantitative estimate of drug-likeness (QED) is 0.548. The first-order valence-electron chi connectivity index (χ1n) is 10.8. The van der Waals surface area contributed by atoms with Crippen LogP contribution in [0.25, 0.3) is 0 Å². The number of methoxy groups -OCH3 is 1. The molecule has 0 spiro atoms. The van der Waals surface area contributed by atoms with Crippen LogP contribution in [0.5, 0.6) is 5.75 Å². The van der Waals surface area contributed by atoms with Crippen LogP contribution in [0.4, 0.5) is 0 Å². The predicted octanol–water partition coefficient (Wildman–Crippen LogP) is 4.77. The number of nitrogens with two attached hydrogens (primary N) is 1. The van der Waals surface area contributed by atoms with E-state index in [0.717, 1.165) is 48.9 Å². The summed E-state index contributed by atoms with van der Waals surface area (Å²) in [4.78, 5) is 2.65. The van der Waals surface area contributed by atoms with Gasteiger partial charge < -0.3 is 15.8 Å². The topological polar surface area (TPSA) is 50.5 Å². The van der Waals surface area contributed by atoms with Crippen molar-refractivity contribution in [3.05, 3.63) is 64.7 Å². The number of hydrogen-bond donors (Lipinski definition) is 2.